The Labute approximate surface area is 148 Å². The summed E-state index contributed by atoms with van der Waals surface area (Å²) in [6, 6.07) is 7.81. The zero-order valence-corrected chi connectivity index (χ0v) is 14.9. The first-order valence-electron chi connectivity index (χ1n) is 8.60. The molecule has 0 saturated carbocycles. The van der Waals surface area contributed by atoms with Crippen LogP contribution in [0.2, 0.25) is 0 Å². The minimum Gasteiger partial charge on any atom is -0.353 e. The smallest absolute Gasteiger partial charge is 0.270 e. The SMILES string of the molecule is Cc1nc(C(=O)NC(C)C)cc(N2CCN(c3ccccn3)CC2)n1. The summed E-state index contributed by atoms with van der Waals surface area (Å²) in [6.45, 7) is 9.09. The number of anilines is 2. The molecule has 1 aliphatic rings. The zero-order chi connectivity index (χ0) is 17.8. The Hall–Kier alpha value is -2.70. The molecule has 0 aliphatic carbocycles. The summed E-state index contributed by atoms with van der Waals surface area (Å²) in [7, 11) is 0. The fraction of sp³-hybridized carbons (Fsp3) is 0.444. The van der Waals surface area contributed by atoms with Crippen molar-refractivity contribution in [3.05, 3.63) is 42.0 Å². The van der Waals surface area contributed by atoms with Crippen LogP contribution in [0, 0.1) is 6.92 Å². The number of carbonyl (C=O) groups is 1. The molecule has 1 fully saturated rings. The van der Waals surface area contributed by atoms with Crippen LogP contribution in [0.3, 0.4) is 0 Å². The van der Waals surface area contributed by atoms with Crippen molar-refractivity contribution in [2.45, 2.75) is 26.8 Å². The molecule has 7 nitrogen and oxygen atoms in total. The van der Waals surface area contributed by atoms with E-state index in [0.717, 1.165) is 37.8 Å². The van der Waals surface area contributed by atoms with Gasteiger partial charge in [-0.3, -0.25) is 4.79 Å². The van der Waals surface area contributed by atoms with Gasteiger partial charge >= 0.3 is 0 Å². The van der Waals surface area contributed by atoms with Gasteiger partial charge in [0, 0.05) is 44.5 Å². The molecule has 0 spiro atoms. The molecule has 0 aromatic carbocycles. The van der Waals surface area contributed by atoms with E-state index in [2.05, 4.69) is 30.1 Å². The summed E-state index contributed by atoms with van der Waals surface area (Å²) in [5.74, 6) is 2.26. The highest BCUT2D eigenvalue weighted by molar-refractivity contribution is 5.93. The van der Waals surface area contributed by atoms with Crippen LogP contribution in [-0.4, -0.2) is 53.1 Å². The standard InChI is InChI=1S/C18H24N6O/c1-13(2)20-18(25)15-12-17(22-14(3)21-15)24-10-8-23(9-11-24)16-6-4-5-7-19-16/h4-7,12-13H,8-11H2,1-3H3,(H,20,25). The molecule has 0 bridgehead atoms. The lowest BCUT2D eigenvalue weighted by molar-refractivity contribution is 0.0937. The highest BCUT2D eigenvalue weighted by Gasteiger charge is 2.21. The summed E-state index contributed by atoms with van der Waals surface area (Å²) in [4.78, 5) is 29.9. The van der Waals surface area contributed by atoms with E-state index < -0.39 is 0 Å². The van der Waals surface area contributed by atoms with E-state index in [0.29, 0.717) is 11.5 Å². The molecule has 1 aliphatic heterocycles. The average molecular weight is 340 g/mol. The molecule has 7 heteroatoms. The number of amides is 1. The van der Waals surface area contributed by atoms with E-state index in [9.17, 15) is 4.79 Å². The highest BCUT2D eigenvalue weighted by Crippen LogP contribution is 2.18. The Morgan fingerprint density at radius 1 is 1.08 bits per heavy atom. The molecule has 25 heavy (non-hydrogen) atoms. The lowest BCUT2D eigenvalue weighted by Gasteiger charge is -2.36. The number of carbonyl (C=O) groups excluding carboxylic acids is 1. The van der Waals surface area contributed by atoms with E-state index in [-0.39, 0.29) is 11.9 Å². The van der Waals surface area contributed by atoms with Gasteiger partial charge in [0.25, 0.3) is 5.91 Å². The second-order valence-electron chi connectivity index (χ2n) is 6.45. The molecular formula is C18H24N6O. The van der Waals surface area contributed by atoms with Crippen molar-refractivity contribution in [2.75, 3.05) is 36.0 Å². The first-order valence-corrected chi connectivity index (χ1v) is 8.60. The lowest BCUT2D eigenvalue weighted by Crippen LogP contribution is -2.47. The van der Waals surface area contributed by atoms with Crippen molar-refractivity contribution in [3.63, 3.8) is 0 Å². The number of pyridine rings is 1. The van der Waals surface area contributed by atoms with Gasteiger partial charge in [0.1, 0.15) is 23.2 Å². The van der Waals surface area contributed by atoms with Crippen molar-refractivity contribution in [1.82, 2.24) is 20.3 Å². The monoisotopic (exact) mass is 340 g/mol. The van der Waals surface area contributed by atoms with Crippen LogP contribution in [-0.2, 0) is 0 Å². The summed E-state index contributed by atoms with van der Waals surface area (Å²) in [5, 5.41) is 2.88. The predicted molar refractivity (Wildman–Crippen MR) is 98.0 cm³/mol. The van der Waals surface area contributed by atoms with Gasteiger partial charge in [0.05, 0.1) is 0 Å². The zero-order valence-electron chi connectivity index (χ0n) is 14.9. The normalized spacial score (nSPS) is 14.7. The Morgan fingerprint density at radius 2 is 1.76 bits per heavy atom. The van der Waals surface area contributed by atoms with Crippen LogP contribution >= 0.6 is 0 Å². The summed E-state index contributed by atoms with van der Waals surface area (Å²) in [6.07, 6.45) is 1.81. The van der Waals surface area contributed by atoms with Crippen molar-refractivity contribution in [1.29, 1.82) is 0 Å². The number of rotatable bonds is 4. The van der Waals surface area contributed by atoms with Gasteiger partial charge in [-0.2, -0.15) is 0 Å². The molecule has 1 N–H and O–H groups in total. The predicted octanol–water partition coefficient (Wildman–Crippen LogP) is 1.64. The number of piperazine rings is 1. The second-order valence-corrected chi connectivity index (χ2v) is 6.45. The Kier molecular flexibility index (Phi) is 5.11. The molecule has 0 unspecified atom stereocenters. The van der Waals surface area contributed by atoms with Crippen molar-refractivity contribution in [2.24, 2.45) is 0 Å². The quantitative estimate of drug-likeness (QED) is 0.912. The molecule has 3 rings (SSSR count). The topological polar surface area (TPSA) is 74.2 Å². The maximum atomic E-state index is 12.2. The summed E-state index contributed by atoms with van der Waals surface area (Å²) >= 11 is 0. The minimum absolute atomic E-state index is 0.0770. The average Bonchev–Trinajstić information content (AvgIpc) is 2.61. The van der Waals surface area contributed by atoms with Gasteiger partial charge in [-0.1, -0.05) is 6.07 Å². The second kappa shape index (κ2) is 7.46. The number of aromatic nitrogens is 3. The first-order chi connectivity index (χ1) is 12.0. The number of aryl methyl sites for hydroxylation is 1. The van der Waals surface area contributed by atoms with Crippen LogP contribution in [0.15, 0.2) is 30.5 Å². The summed E-state index contributed by atoms with van der Waals surface area (Å²) in [5.41, 5.74) is 0.420. The third kappa shape index (κ3) is 4.23. The summed E-state index contributed by atoms with van der Waals surface area (Å²) < 4.78 is 0. The molecule has 132 valence electrons. The van der Waals surface area contributed by atoms with Gasteiger partial charge in [-0.25, -0.2) is 15.0 Å². The number of hydrogen-bond donors (Lipinski definition) is 1. The van der Waals surface area contributed by atoms with E-state index >= 15 is 0 Å². The number of hydrogen-bond acceptors (Lipinski definition) is 6. The molecule has 1 amide bonds. The van der Waals surface area contributed by atoms with Gasteiger partial charge in [-0.05, 0) is 32.9 Å². The van der Waals surface area contributed by atoms with Crippen LogP contribution in [0.5, 0.6) is 0 Å². The fourth-order valence-electron chi connectivity index (χ4n) is 2.87. The van der Waals surface area contributed by atoms with Crippen LogP contribution in [0.4, 0.5) is 11.6 Å². The molecule has 1 saturated heterocycles. The van der Waals surface area contributed by atoms with Gasteiger partial charge in [0.2, 0.25) is 0 Å². The van der Waals surface area contributed by atoms with Crippen LogP contribution in [0.1, 0.15) is 30.2 Å². The van der Waals surface area contributed by atoms with Crippen LogP contribution in [0.25, 0.3) is 0 Å². The Bertz CT molecular complexity index is 726. The third-order valence-corrected chi connectivity index (χ3v) is 4.05. The van der Waals surface area contributed by atoms with Crippen molar-refractivity contribution in [3.8, 4) is 0 Å². The minimum atomic E-state index is -0.158. The lowest BCUT2D eigenvalue weighted by atomic mass is 10.2. The van der Waals surface area contributed by atoms with E-state index in [4.69, 9.17) is 0 Å². The molecule has 0 atom stereocenters. The van der Waals surface area contributed by atoms with Crippen LogP contribution < -0.4 is 15.1 Å². The fourth-order valence-corrected chi connectivity index (χ4v) is 2.87. The largest absolute Gasteiger partial charge is 0.353 e. The van der Waals surface area contributed by atoms with Crippen molar-refractivity contribution >= 4 is 17.5 Å². The van der Waals surface area contributed by atoms with E-state index in [1.165, 1.54) is 0 Å². The molecule has 0 radical (unpaired) electrons. The molecule has 2 aromatic rings. The molecule has 2 aromatic heterocycles. The highest BCUT2D eigenvalue weighted by atomic mass is 16.1. The molecular weight excluding hydrogens is 316 g/mol. The third-order valence-electron chi connectivity index (χ3n) is 4.05. The van der Waals surface area contributed by atoms with Crippen molar-refractivity contribution < 1.29 is 4.79 Å². The number of nitrogens with one attached hydrogen (secondary N) is 1. The number of nitrogens with zero attached hydrogens (tertiary/aromatic N) is 5. The van der Waals surface area contributed by atoms with Gasteiger partial charge < -0.3 is 15.1 Å². The van der Waals surface area contributed by atoms with Gasteiger partial charge in [-0.15, -0.1) is 0 Å². The maximum Gasteiger partial charge on any atom is 0.270 e. The molecule has 3 heterocycles. The van der Waals surface area contributed by atoms with E-state index in [1.807, 2.05) is 45.2 Å². The maximum absolute atomic E-state index is 12.2. The Balaban J connectivity index is 1.71. The van der Waals surface area contributed by atoms with Gasteiger partial charge in [0.15, 0.2) is 0 Å². The first kappa shape index (κ1) is 17.1. The Morgan fingerprint density at radius 3 is 2.36 bits per heavy atom. The van der Waals surface area contributed by atoms with E-state index in [1.54, 1.807) is 6.07 Å².